The number of benzene rings is 2. The number of carbonyl (C=O) groups is 1. The topological polar surface area (TPSA) is 75.6 Å². The van der Waals surface area contributed by atoms with E-state index in [4.69, 9.17) is 0 Å². The number of nitrogens with zero attached hydrogens (tertiary/aromatic N) is 3. The molecule has 1 amide bonds. The third kappa shape index (κ3) is 3.82. The number of aromatic amines is 1. The molecule has 0 saturated heterocycles. The number of fused-ring (bicyclic) bond motifs is 1. The van der Waals surface area contributed by atoms with Crippen LogP contribution < -0.4 is 5.32 Å². The summed E-state index contributed by atoms with van der Waals surface area (Å²) in [7, 11) is 0. The zero-order chi connectivity index (χ0) is 19.5. The lowest BCUT2D eigenvalue weighted by atomic mass is 10.1. The molecule has 28 heavy (non-hydrogen) atoms. The first-order chi connectivity index (χ1) is 13.6. The van der Waals surface area contributed by atoms with Crippen LogP contribution in [0.1, 0.15) is 21.6 Å². The highest BCUT2D eigenvalue weighted by molar-refractivity contribution is 9.10. The van der Waals surface area contributed by atoms with E-state index in [1.54, 1.807) is 16.8 Å². The predicted octanol–water partition coefficient (Wildman–Crippen LogP) is 3.68. The van der Waals surface area contributed by atoms with Crippen LogP contribution in [0, 0.1) is 5.82 Å². The minimum absolute atomic E-state index is 0.0333. The fraction of sp³-hybridized carbons (Fsp3) is 0.150. The Balaban J connectivity index is 1.38. The van der Waals surface area contributed by atoms with Gasteiger partial charge < -0.3 is 10.3 Å². The monoisotopic (exact) mass is 441 g/mol. The van der Waals surface area contributed by atoms with E-state index in [-0.39, 0.29) is 5.56 Å². The molecule has 2 N–H and O–H groups in total. The fourth-order valence-electron chi connectivity index (χ4n) is 3.07. The highest BCUT2D eigenvalue weighted by atomic mass is 79.9. The first-order valence-corrected chi connectivity index (χ1v) is 9.58. The minimum atomic E-state index is -0.535. The molecule has 4 aromatic rings. The van der Waals surface area contributed by atoms with E-state index in [0.717, 1.165) is 26.8 Å². The number of H-pyrrole nitrogens is 1. The molecule has 4 rings (SSSR count). The number of amides is 1. The molecule has 8 heteroatoms. The SMILES string of the molecule is O=C(NCCn1cc(Cc2c(Br)[nH]c3ccccc23)nn1)c1ccccc1F. The molecule has 0 aliphatic heterocycles. The van der Waals surface area contributed by atoms with Crippen molar-refractivity contribution in [1.29, 1.82) is 0 Å². The molecular weight excluding hydrogens is 425 g/mol. The lowest BCUT2D eigenvalue weighted by Gasteiger charge is -2.05. The molecular formula is C20H17BrFN5O. The molecule has 0 saturated carbocycles. The van der Waals surface area contributed by atoms with E-state index in [2.05, 4.69) is 42.6 Å². The van der Waals surface area contributed by atoms with Gasteiger partial charge in [0.15, 0.2) is 0 Å². The summed E-state index contributed by atoms with van der Waals surface area (Å²) >= 11 is 3.57. The smallest absolute Gasteiger partial charge is 0.254 e. The number of rotatable bonds is 6. The van der Waals surface area contributed by atoms with Crippen LogP contribution in [0.3, 0.4) is 0 Å². The van der Waals surface area contributed by atoms with Gasteiger partial charge in [0, 0.05) is 30.1 Å². The number of carbonyl (C=O) groups excluding carboxylic acids is 1. The third-order valence-corrected chi connectivity index (χ3v) is 5.13. The van der Waals surface area contributed by atoms with Gasteiger partial charge in [-0.25, -0.2) is 4.39 Å². The molecule has 0 spiro atoms. The Hall–Kier alpha value is -3.00. The molecule has 0 atom stereocenters. The van der Waals surface area contributed by atoms with Crippen molar-refractivity contribution in [2.75, 3.05) is 6.54 Å². The van der Waals surface area contributed by atoms with E-state index in [1.165, 1.54) is 12.1 Å². The van der Waals surface area contributed by atoms with Gasteiger partial charge in [-0.15, -0.1) is 5.10 Å². The highest BCUT2D eigenvalue weighted by Crippen LogP contribution is 2.28. The van der Waals surface area contributed by atoms with Crippen molar-refractivity contribution in [3.05, 3.63) is 82.0 Å². The molecule has 0 aliphatic carbocycles. The van der Waals surface area contributed by atoms with Gasteiger partial charge in [-0.2, -0.15) is 0 Å². The number of aromatic nitrogens is 4. The number of halogens is 2. The van der Waals surface area contributed by atoms with E-state index in [1.807, 2.05) is 24.4 Å². The zero-order valence-corrected chi connectivity index (χ0v) is 16.4. The van der Waals surface area contributed by atoms with Crippen molar-refractivity contribution in [3.8, 4) is 0 Å². The van der Waals surface area contributed by atoms with Crippen LogP contribution >= 0.6 is 15.9 Å². The van der Waals surface area contributed by atoms with Crippen LogP contribution in [-0.4, -0.2) is 32.4 Å². The molecule has 2 aromatic heterocycles. The maximum atomic E-state index is 13.6. The Morgan fingerprint density at radius 3 is 2.82 bits per heavy atom. The molecule has 0 unspecified atom stereocenters. The van der Waals surface area contributed by atoms with Crippen molar-refractivity contribution in [2.24, 2.45) is 0 Å². The molecule has 0 radical (unpaired) electrons. The number of hydrogen-bond donors (Lipinski definition) is 2. The van der Waals surface area contributed by atoms with Gasteiger partial charge in [0.1, 0.15) is 5.82 Å². The van der Waals surface area contributed by atoms with Gasteiger partial charge in [0.2, 0.25) is 0 Å². The average molecular weight is 442 g/mol. The van der Waals surface area contributed by atoms with E-state index >= 15 is 0 Å². The van der Waals surface area contributed by atoms with Gasteiger partial charge in [0.05, 0.1) is 22.4 Å². The minimum Gasteiger partial charge on any atom is -0.350 e. The van der Waals surface area contributed by atoms with E-state index in [0.29, 0.717) is 19.5 Å². The Labute approximate surface area is 168 Å². The Bertz CT molecular complexity index is 1140. The molecule has 142 valence electrons. The first-order valence-electron chi connectivity index (χ1n) is 8.78. The first kappa shape index (κ1) is 18.4. The summed E-state index contributed by atoms with van der Waals surface area (Å²) in [6.45, 7) is 0.773. The molecule has 0 fully saturated rings. The summed E-state index contributed by atoms with van der Waals surface area (Å²) in [6, 6.07) is 14.0. The second kappa shape index (κ2) is 7.93. The van der Waals surface area contributed by atoms with Crippen LogP contribution in [0.5, 0.6) is 0 Å². The van der Waals surface area contributed by atoms with Gasteiger partial charge in [0.25, 0.3) is 5.91 Å². The quantitative estimate of drug-likeness (QED) is 0.479. The van der Waals surface area contributed by atoms with Crippen molar-refractivity contribution >= 4 is 32.7 Å². The number of hydrogen-bond acceptors (Lipinski definition) is 3. The Morgan fingerprint density at radius 1 is 1.18 bits per heavy atom. The van der Waals surface area contributed by atoms with E-state index < -0.39 is 11.7 Å². The van der Waals surface area contributed by atoms with Crippen LogP contribution in [0.4, 0.5) is 4.39 Å². The summed E-state index contributed by atoms with van der Waals surface area (Å²) in [5.74, 6) is -0.978. The summed E-state index contributed by atoms with van der Waals surface area (Å²) in [5.41, 5.74) is 3.04. The summed E-state index contributed by atoms with van der Waals surface area (Å²) < 4.78 is 16.2. The van der Waals surface area contributed by atoms with Gasteiger partial charge >= 0.3 is 0 Å². The third-order valence-electron chi connectivity index (χ3n) is 4.45. The molecule has 0 bridgehead atoms. The second-order valence-corrected chi connectivity index (χ2v) is 7.14. The lowest BCUT2D eigenvalue weighted by molar-refractivity contribution is 0.0948. The van der Waals surface area contributed by atoms with Gasteiger partial charge in [-0.05, 0) is 39.7 Å². The molecule has 0 aliphatic rings. The standard InChI is InChI=1S/C20H17BrFN5O/c21-19-16(14-5-2-4-8-18(14)24-19)11-13-12-27(26-25-13)10-9-23-20(28)15-6-1-3-7-17(15)22/h1-8,12,24H,9-11H2,(H,23,28). The zero-order valence-electron chi connectivity index (χ0n) is 14.8. The van der Waals surface area contributed by atoms with Crippen LogP contribution in [0.15, 0.2) is 59.3 Å². The van der Waals surface area contributed by atoms with Crippen molar-refractivity contribution in [3.63, 3.8) is 0 Å². The fourth-order valence-corrected chi connectivity index (χ4v) is 3.64. The van der Waals surface area contributed by atoms with Crippen molar-refractivity contribution in [1.82, 2.24) is 25.3 Å². The van der Waals surface area contributed by atoms with Crippen LogP contribution in [0.2, 0.25) is 0 Å². The van der Waals surface area contributed by atoms with Crippen molar-refractivity contribution < 1.29 is 9.18 Å². The summed E-state index contributed by atoms with van der Waals surface area (Å²) in [4.78, 5) is 15.3. The predicted molar refractivity (Wildman–Crippen MR) is 108 cm³/mol. The summed E-state index contributed by atoms with van der Waals surface area (Å²) in [5, 5.41) is 12.2. The number of nitrogens with one attached hydrogen (secondary N) is 2. The number of para-hydroxylation sites is 1. The summed E-state index contributed by atoms with van der Waals surface area (Å²) in [6.07, 6.45) is 2.48. The average Bonchev–Trinajstić information content (AvgIpc) is 3.27. The maximum absolute atomic E-state index is 13.6. The largest absolute Gasteiger partial charge is 0.350 e. The second-order valence-electron chi connectivity index (χ2n) is 6.35. The molecule has 2 heterocycles. The van der Waals surface area contributed by atoms with Crippen LogP contribution in [0.25, 0.3) is 10.9 Å². The van der Waals surface area contributed by atoms with Gasteiger partial charge in [-0.3, -0.25) is 9.48 Å². The normalized spacial score (nSPS) is 11.1. The van der Waals surface area contributed by atoms with Gasteiger partial charge in [-0.1, -0.05) is 35.5 Å². The Kier molecular flexibility index (Phi) is 5.21. The van der Waals surface area contributed by atoms with E-state index in [9.17, 15) is 9.18 Å². The van der Waals surface area contributed by atoms with Crippen LogP contribution in [-0.2, 0) is 13.0 Å². The maximum Gasteiger partial charge on any atom is 0.254 e. The molecule has 6 nitrogen and oxygen atoms in total. The van der Waals surface area contributed by atoms with Crippen molar-refractivity contribution in [2.45, 2.75) is 13.0 Å². The lowest BCUT2D eigenvalue weighted by Crippen LogP contribution is -2.28. The highest BCUT2D eigenvalue weighted by Gasteiger charge is 2.13. The Morgan fingerprint density at radius 2 is 1.96 bits per heavy atom. The molecule has 2 aromatic carbocycles.